The van der Waals surface area contributed by atoms with Gasteiger partial charge in [0.25, 0.3) is 0 Å². The van der Waals surface area contributed by atoms with Crippen molar-refractivity contribution < 1.29 is 18.3 Å². The van der Waals surface area contributed by atoms with Crippen LogP contribution in [-0.2, 0) is 9.53 Å². The number of methoxy groups -OCH3 is 1. The maximum absolute atomic E-state index is 12.3. The van der Waals surface area contributed by atoms with Crippen molar-refractivity contribution in [3.63, 3.8) is 0 Å². The van der Waals surface area contributed by atoms with Crippen LogP contribution < -0.4 is 5.73 Å². The molecule has 0 aliphatic carbocycles. The molecule has 3 nitrogen and oxygen atoms in total. The van der Waals surface area contributed by atoms with Crippen molar-refractivity contribution in [2.45, 2.75) is 12.3 Å². The number of carbonyl (C=O) groups is 1. The zero-order valence-electron chi connectivity index (χ0n) is 5.56. The average molecular weight is 153 g/mol. The molecule has 0 bridgehead atoms. The van der Waals surface area contributed by atoms with E-state index in [2.05, 4.69) is 4.74 Å². The summed E-state index contributed by atoms with van der Waals surface area (Å²) >= 11 is 0. The third-order valence-electron chi connectivity index (χ3n) is 0.942. The van der Waals surface area contributed by atoms with Gasteiger partial charge in [-0.1, -0.05) is 0 Å². The standard InChI is InChI=1S/C5H9F2NO2/c1-10-4(9)5(6,7)2-3-8/h2-3,8H2,1H3. The van der Waals surface area contributed by atoms with Gasteiger partial charge in [-0.3, -0.25) is 0 Å². The molecule has 5 heteroatoms. The third kappa shape index (κ3) is 2.26. The molecule has 0 atom stereocenters. The summed E-state index contributed by atoms with van der Waals surface area (Å²) in [7, 11) is 0.909. The van der Waals surface area contributed by atoms with Crippen LogP contribution in [0.3, 0.4) is 0 Å². The summed E-state index contributed by atoms with van der Waals surface area (Å²) in [5.74, 6) is -4.96. The van der Waals surface area contributed by atoms with Crippen LogP contribution >= 0.6 is 0 Å². The Morgan fingerprint density at radius 1 is 1.70 bits per heavy atom. The molecule has 0 amide bonds. The highest BCUT2D eigenvalue weighted by molar-refractivity contribution is 5.77. The van der Waals surface area contributed by atoms with Gasteiger partial charge in [-0.25, -0.2) is 4.79 Å². The first-order chi connectivity index (χ1) is 4.54. The Morgan fingerprint density at radius 2 is 2.20 bits per heavy atom. The molecule has 0 radical (unpaired) electrons. The lowest BCUT2D eigenvalue weighted by Crippen LogP contribution is -2.32. The first kappa shape index (κ1) is 9.29. The molecule has 10 heavy (non-hydrogen) atoms. The van der Waals surface area contributed by atoms with Crippen LogP contribution in [-0.4, -0.2) is 25.5 Å². The van der Waals surface area contributed by atoms with Crippen LogP contribution in [0, 0.1) is 0 Å². The largest absolute Gasteiger partial charge is 0.465 e. The second kappa shape index (κ2) is 3.46. The Hall–Kier alpha value is -0.710. The summed E-state index contributed by atoms with van der Waals surface area (Å²) in [4.78, 5) is 10.2. The maximum Gasteiger partial charge on any atom is 0.376 e. The van der Waals surface area contributed by atoms with E-state index in [4.69, 9.17) is 5.73 Å². The van der Waals surface area contributed by atoms with Crippen LogP contribution in [0.25, 0.3) is 0 Å². The molecule has 0 unspecified atom stereocenters. The van der Waals surface area contributed by atoms with Crippen LogP contribution in [0.5, 0.6) is 0 Å². The number of rotatable bonds is 3. The van der Waals surface area contributed by atoms with Crippen molar-refractivity contribution in [1.82, 2.24) is 0 Å². The highest BCUT2D eigenvalue weighted by Crippen LogP contribution is 2.18. The minimum Gasteiger partial charge on any atom is -0.465 e. The Kier molecular flexibility index (Phi) is 3.21. The molecule has 0 aromatic rings. The van der Waals surface area contributed by atoms with Gasteiger partial charge >= 0.3 is 11.9 Å². The Morgan fingerprint density at radius 3 is 2.50 bits per heavy atom. The van der Waals surface area contributed by atoms with E-state index in [9.17, 15) is 13.6 Å². The van der Waals surface area contributed by atoms with Gasteiger partial charge in [0.15, 0.2) is 0 Å². The first-order valence-electron chi connectivity index (χ1n) is 2.71. The van der Waals surface area contributed by atoms with Crippen molar-refractivity contribution >= 4 is 5.97 Å². The lowest BCUT2D eigenvalue weighted by Gasteiger charge is -2.10. The maximum atomic E-state index is 12.3. The first-order valence-corrected chi connectivity index (χ1v) is 2.71. The predicted molar refractivity (Wildman–Crippen MR) is 30.6 cm³/mol. The van der Waals surface area contributed by atoms with Gasteiger partial charge in [-0.15, -0.1) is 0 Å². The molecule has 0 spiro atoms. The molecule has 0 fully saturated rings. The molecular formula is C5H9F2NO2. The van der Waals surface area contributed by atoms with Gasteiger partial charge in [0.2, 0.25) is 0 Å². The summed E-state index contributed by atoms with van der Waals surface area (Å²) in [5.41, 5.74) is 4.82. The quantitative estimate of drug-likeness (QED) is 0.587. The number of hydrogen-bond donors (Lipinski definition) is 1. The second-order valence-corrected chi connectivity index (χ2v) is 1.73. The van der Waals surface area contributed by atoms with Crippen molar-refractivity contribution in [3.8, 4) is 0 Å². The van der Waals surface area contributed by atoms with E-state index >= 15 is 0 Å². The van der Waals surface area contributed by atoms with E-state index in [1.807, 2.05) is 0 Å². The normalized spacial score (nSPS) is 11.2. The van der Waals surface area contributed by atoms with Crippen LogP contribution in [0.4, 0.5) is 8.78 Å². The molecule has 2 N–H and O–H groups in total. The Bertz CT molecular complexity index is 127. The summed E-state index contributed by atoms with van der Waals surface area (Å²) in [6.45, 7) is -0.234. The van der Waals surface area contributed by atoms with E-state index in [1.165, 1.54) is 0 Å². The Labute approximate surface area is 57.1 Å². The number of esters is 1. The van der Waals surface area contributed by atoms with Crippen molar-refractivity contribution in [3.05, 3.63) is 0 Å². The number of nitrogens with two attached hydrogens (primary N) is 1. The number of carbonyl (C=O) groups excluding carboxylic acids is 1. The number of ether oxygens (including phenoxy) is 1. The van der Waals surface area contributed by atoms with Crippen molar-refractivity contribution in [2.75, 3.05) is 13.7 Å². The van der Waals surface area contributed by atoms with Gasteiger partial charge in [-0.05, 0) is 6.54 Å². The number of alkyl halides is 2. The summed E-state index contributed by atoms with van der Waals surface area (Å²) in [6, 6.07) is 0. The van der Waals surface area contributed by atoms with E-state index in [0.717, 1.165) is 7.11 Å². The lowest BCUT2D eigenvalue weighted by atomic mass is 10.2. The van der Waals surface area contributed by atoms with Crippen molar-refractivity contribution in [2.24, 2.45) is 5.73 Å². The molecule has 0 aromatic carbocycles. The van der Waals surface area contributed by atoms with Gasteiger partial charge in [-0.2, -0.15) is 8.78 Å². The van der Waals surface area contributed by atoms with E-state index in [0.29, 0.717) is 0 Å². The zero-order valence-corrected chi connectivity index (χ0v) is 5.56. The molecule has 0 rings (SSSR count). The molecule has 0 saturated carbocycles. The van der Waals surface area contributed by atoms with Gasteiger partial charge < -0.3 is 10.5 Å². The van der Waals surface area contributed by atoms with Crippen molar-refractivity contribution in [1.29, 1.82) is 0 Å². The highest BCUT2D eigenvalue weighted by atomic mass is 19.3. The van der Waals surface area contributed by atoms with Crippen LogP contribution in [0.2, 0.25) is 0 Å². The molecule has 0 aromatic heterocycles. The van der Waals surface area contributed by atoms with Crippen LogP contribution in [0.1, 0.15) is 6.42 Å². The molecule has 0 saturated heterocycles. The van der Waals surface area contributed by atoms with E-state index in [-0.39, 0.29) is 6.54 Å². The van der Waals surface area contributed by atoms with Gasteiger partial charge in [0.05, 0.1) is 7.11 Å². The molecule has 60 valence electrons. The molecule has 0 aliphatic heterocycles. The molecule has 0 heterocycles. The average Bonchev–Trinajstić information content (AvgIpc) is 1.86. The lowest BCUT2D eigenvalue weighted by molar-refractivity contribution is -0.169. The topological polar surface area (TPSA) is 52.3 Å². The highest BCUT2D eigenvalue weighted by Gasteiger charge is 2.38. The molecular weight excluding hydrogens is 144 g/mol. The summed E-state index contributed by atoms with van der Waals surface area (Å²) < 4.78 is 28.3. The van der Waals surface area contributed by atoms with E-state index in [1.54, 1.807) is 0 Å². The Balaban J connectivity index is 3.96. The SMILES string of the molecule is COC(=O)C(F)(F)CCN. The summed E-state index contributed by atoms with van der Waals surface area (Å²) in [5, 5.41) is 0. The zero-order chi connectivity index (χ0) is 8.20. The number of halogens is 2. The predicted octanol–water partition coefficient (Wildman–Crippen LogP) is 0.144. The fourth-order valence-electron chi connectivity index (χ4n) is 0.433. The third-order valence-corrected chi connectivity index (χ3v) is 0.942. The minimum absolute atomic E-state index is 0.234. The van der Waals surface area contributed by atoms with Gasteiger partial charge in [0.1, 0.15) is 0 Å². The fraction of sp³-hybridized carbons (Fsp3) is 0.800. The second-order valence-electron chi connectivity index (χ2n) is 1.73. The monoisotopic (exact) mass is 153 g/mol. The minimum atomic E-state index is -3.43. The smallest absolute Gasteiger partial charge is 0.376 e. The molecule has 0 aliphatic rings. The van der Waals surface area contributed by atoms with Crippen LogP contribution in [0.15, 0.2) is 0 Å². The number of hydrogen-bond acceptors (Lipinski definition) is 3. The fourth-order valence-corrected chi connectivity index (χ4v) is 0.433. The van der Waals surface area contributed by atoms with Gasteiger partial charge in [0, 0.05) is 6.42 Å². The summed E-state index contributed by atoms with van der Waals surface area (Å²) in [6.07, 6.45) is -0.667. The van der Waals surface area contributed by atoms with E-state index < -0.39 is 18.3 Å².